The summed E-state index contributed by atoms with van der Waals surface area (Å²) in [5, 5.41) is 0. The molecule has 2 heterocycles. The molecule has 0 spiro atoms. The minimum atomic E-state index is 0.164. The Labute approximate surface area is 77.9 Å². The Morgan fingerprint density at radius 2 is 2.31 bits per heavy atom. The summed E-state index contributed by atoms with van der Waals surface area (Å²) in [5.74, 6) is 0.576. The van der Waals surface area contributed by atoms with Crippen LogP contribution in [-0.2, 0) is 4.74 Å². The average molecular weight is 178 g/mol. The molecule has 2 rings (SSSR count). The van der Waals surface area contributed by atoms with E-state index in [0.29, 0.717) is 5.82 Å². The zero-order chi connectivity index (χ0) is 9.10. The highest BCUT2D eigenvalue weighted by molar-refractivity contribution is 5.29. The Morgan fingerprint density at radius 3 is 3.00 bits per heavy atom. The molecule has 0 aromatic carbocycles. The van der Waals surface area contributed by atoms with Gasteiger partial charge >= 0.3 is 0 Å². The van der Waals surface area contributed by atoms with Gasteiger partial charge in [-0.15, -0.1) is 0 Å². The van der Waals surface area contributed by atoms with E-state index >= 15 is 0 Å². The molecule has 3 nitrogen and oxygen atoms in total. The van der Waals surface area contributed by atoms with Gasteiger partial charge in [-0.1, -0.05) is 6.07 Å². The highest BCUT2D eigenvalue weighted by Crippen LogP contribution is 2.26. The number of hydrogen-bond donors (Lipinski definition) is 1. The lowest BCUT2D eigenvalue weighted by atomic mass is 10.1. The normalized spacial score (nSPS) is 22.9. The predicted molar refractivity (Wildman–Crippen MR) is 51.2 cm³/mol. The van der Waals surface area contributed by atoms with Crippen molar-refractivity contribution in [2.45, 2.75) is 25.4 Å². The van der Waals surface area contributed by atoms with E-state index in [0.717, 1.165) is 18.7 Å². The maximum absolute atomic E-state index is 5.60. The molecule has 1 atom stereocenters. The van der Waals surface area contributed by atoms with Gasteiger partial charge in [0.1, 0.15) is 5.82 Å². The van der Waals surface area contributed by atoms with E-state index in [1.54, 1.807) is 6.07 Å². The SMILES string of the molecule is Nc1cccc([C@H]2CCCCO2)n1. The molecule has 0 bridgehead atoms. The van der Waals surface area contributed by atoms with Gasteiger partial charge in [0.2, 0.25) is 0 Å². The third-order valence-corrected chi connectivity index (χ3v) is 2.30. The molecular weight excluding hydrogens is 164 g/mol. The number of rotatable bonds is 1. The molecule has 1 saturated heterocycles. The number of nitrogen functional groups attached to an aromatic ring is 1. The number of aromatic nitrogens is 1. The number of ether oxygens (including phenoxy) is 1. The molecule has 0 radical (unpaired) electrons. The van der Waals surface area contributed by atoms with Crippen molar-refractivity contribution in [3.63, 3.8) is 0 Å². The smallest absolute Gasteiger partial charge is 0.123 e. The topological polar surface area (TPSA) is 48.1 Å². The van der Waals surface area contributed by atoms with Crippen LogP contribution in [0.1, 0.15) is 31.1 Å². The standard InChI is InChI=1S/C10H14N2O/c11-10-6-3-4-8(12-10)9-5-1-2-7-13-9/h3-4,6,9H,1-2,5,7H2,(H2,11,12)/t9-/m1/s1. The van der Waals surface area contributed by atoms with E-state index in [2.05, 4.69) is 4.98 Å². The zero-order valence-electron chi connectivity index (χ0n) is 7.57. The highest BCUT2D eigenvalue weighted by Gasteiger charge is 2.16. The van der Waals surface area contributed by atoms with Crippen molar-refractivity contribution in [3.05, 3.63) is 23.9 Å². The van der Waals surface area contributed by atoms with Crippen molar-refractivity contribution in [2.24, 2.45) is 0 Å². The molecule has 1 aromatic heterocycles. The molecule has 0 unspecified atom stereocenters. The van der Waals surface area contributed by atoms with E-state index in [4.69, 9.17) is 10.5 Å². The number of anilines is 1. The first-order valence-electron chi connectivity index (χ1n) is 4.70. The van der Waals surface area contributed by atoms with Crippen LogP contribution >= 0.6 is 0 Å². The van der Waals surface area contributed by atoms with Crippen LogP contribution in [0.4, 0.5) is 5.82 Å². The van der Waals surface area contributed by atoms with E-state index < -0.39 is 0 Å². The van der Waals surface area contributed by atoms with Crippen LogP contribution in [0.3, 0.4) is 0 Å². The van der Waals surface area contributed by atoms with E-state index in [1.807, 2.05) is 12.1 Å². The fraction of sp³-hybridized carbons (Fsp3) is 0.500. The molecular formula is C10H14N2O. The second-order valence-electron chi connectivity index (χ2n) is 3.34. The highest BCUT2D eigenvalue weighted by atomic mass is 16.5. The molecule has 70 valence electrons. The molecule has 1 fully saturated rings. The zero-order valence-corrected chi connectivity index (χ0v) is 7.57. The predicted octanol–water partition coefficient (Wildman–Crippen LogP) is 1.91. The molecule has 1 aromatic rings. The van der Waals surface area contributed by atoms with E-state index in [1.165, 1.54) is 12.8 Å². The van der Waals surface area contributed by atoms with Gasteiger partial charge < -0.3 is 10.5 Å². The fourth-order valence-electron chi connectivity index (χ4n) is 1.62. The van der Waals surface area contributed by atoms with Gasteiger partial charge in [-0.05, 0) is 31.4 Å². The van der Waals surface area contributed by atoms with Gasteiger partial charge in [0.15, 0.2) is 0 Å². The van der Waals surface area contributed by atoms with Gasteiger partial charge in [-0.2, -0.15) is 0 Å². The van der Waals surface area contributed by atoms with Crippen molar-refractivity contribution >= 4 is 5.82 Å². The summed E-state index contributed by atoms with van der Waals surface area (Å²) in [6.07, 6.45) is 3.62. The van der Waals surface area contributed by atoms with E-state index in [9.17, 15) is 0 Å². The van der Waals surface area contributed by atoms with Crippen molar-refractivity contribution < 1.29 is 4.74 Å². The van der Waals surface area contributed by atoms with Crippen LogP contribution < -0.4 is 5.73 Å². The second-order valence-corrected chi connectivity index (χ2v) is 3.34. The van der Waals surface area contributed by atoms with Gasteiger partial charge in [-0.25, -0.2) is 4.98 Å². The molecule has 1 aliphatic heterocycles. The Hall–Kier alpha value is -1.09. The molecule has 0 saturated carbocycles. The van der Waals surface area contributed by atoms with Crippen LogP contribution in [0.5, 0.6) is 0 Å². The summed E-state index contributed by atoms with van der Waals surface area (Å²) in [5.41, 5.74) is 6.57. The number of nitrogens with two attached hydrogens (primary N) is 1. The van der Waals surface area contributed by atoms with E-state index in [-0.39, 0.29) is 6.10 Å². The summed E-state index contributed by atoms with van der Waals surface area (Å²) >= 11 is 0. The summed E-state index contributed by atoms with van der Waals surface area (Å²) in [7, 11) is 0. The third-order valence-electron chi connectivity index (χ3n) is 2.30. The Morgan fingerprint density at radius 1 is 1.38 bits per heavy atom. The number of nitrogens with zero attached hydrogens (tertiary/aromatic N) is 1. The van der Waals surface area contributed by atoms with Crippen LogP contribution in [-0.4, -0.2) is 11.6 Å². The van der Waals surface area contributed by atoms with Gasteiger partial charge in [0.05, 0.1) is 11.8 Å². The van der Waals surface area contributed by atoms with Crippen LogP contribution in [0.2, 0.25) is 0 Å². The van der Waals surface area contributed by atoms with Crippen LogP contribution in [0.15, 0.2) is 18.2 Å². The lowest BCUT2D eigenvalue weighted by Gasteiger charge is -2.21. The lowest BCUT2D eigenvalue weighted by Crippen LogP contribution is -2.13. The molecule has 0 aliphatic carbocycles. The van der Waals surface area contributed by atoms with Crippen molar-refractivity contribution in [1.29, 1.82) is 0 Å². The monoisotopic (exact) mass is 178 g/mol. The summed E-state index contributed by atoms with van der Waals surface area (Å²) < 4.78 is 5.60. The summed E-state index contributed by atoms with van der Waals surface area (Å²) in [4.78, 5) is 4.25. The fourth-order valence-corrected chi connectivity index (χ4v) is 1.62. The minimum absolute atomic E-state index is 0.164. The quantitative estimate of drug-likeness (QED) is 0.714. The molecule has 1 aliphatic rings. The first kappa shape index (κ1) is 8.51. The number of pyridine rings is 1. The summed E-state index contributed by atoms with van der Waals surface area (Å²) in [6, 6.07) is 5.70. The average Bonchev–Trinajstić information content (AvgIpc) is 2.19. The molecule has 2 N–H and O–H groups in total. The van der Waals surface area contributed by atoms with Crippen molar-refractivity contribution in [3.8, 4) is 0 Å². The van der Waals surface area contributed by atoms with Gasteiger partial charge in [0.25, 0.3) is 0 Å². The lowest BCUT2D eigenvalue weighted by molar-refractivity contribution is 0.0124. The first-order chi connectivity index (χ1) is 6.36. The van der Waals surface area contributed by atoms with Gasteiger partial charge in [0, 0.05) is 6.61 Å². The Kier molecular flexibility index (Phi) is 2.45. The van der Waals surface area contributed by atoms with Crippen molar-refractivity contribution in [2.75, 3.05) is 12.3 Å². The van der Waals surface area contributed by atoms with Gasteiger partial charge in [-0.3, -0.25) is 0 Å². The Bertz CT molecular complexity index is 282. The van der Waals surface area contributed by atoms with Crippen molar-refractivity contribution in [1.82, 2.24) is 4.98 Å². The molecule has 3 heteroatoms. The summed E-state index contributed by atoms with van der Waals surface area (Å²) in [6.45, 7) is 0.848. The maximum atomic E-state index is 5.60. The first-order valence-corrected chi connectivity index (χ1v) is 4.70. The molecule has 13 heavy (non-hydrogen) atoms. The largest absolute Gasteiger partial charge is 0.384 e. The maximum Gasteiger partial charge on any atom is 0.123 e. The third kappa shape index (κ3) is 1.98. The van der Waals surface area contributed by atoms with Crippen LogP contribution in [0, 0.1) is 0 Å². The Balaban J connectivity index is 2.14. The van der Waals surface area contributed by atoms with Crippen LogP contribution in [0.25, 0.3) is 0 Å². The minimum Gasteiger partial charge on any atom is -0.384 e. The molecule has 0 amide bonds. The number of hydrogen-bond acceptors (Lipinski definition) is 3. The second kappa shape index (κ2) is 3.75.